The maximum atomic E-state index is 11.8. The number of hydrogen-bond acceptors (Lipinski definition) is 2. The van der Waals surface area contributed by atoms with Crippen LogP contribution in [0.25, 0.3) is 0 Å². The van der Waals surface area contributed by atoms with Crippen molar-refractivity contribution in [2.45, 2.75) is 32.4 Å². The highest BCUT2D eigenvalue weighted by Crippen LogP contribution is 2.35. The smallest absolute Gasteiger partial charge is 0.315 e. The first kappa shape index (κ1) is 12.9. The Bertz CT molecular complexity index is 434. The van der Waals surface area contributed by atoms with Crippen molar-refractivity contribution in [1.82, 2.24) is 10.6 Å². The molecule has 0 fully saturated rings. The number of fused-ring (bicyclic) bond motifs is 1. The van der Waals surface area contributed by atoms with Crippen LogP contribution >= 0.6 is 0 Å². The largest absolute Gasteiger partial charge is 0.394 e. The SMILES string of the molecule is CC(CO)NC(=O)NC1c2ccccc2CC1C. The fraction of sp³-hybridized carbons (Fsp3) is 0.500. The molecule has 0 heterocycles. The zero-order chi connectivity index (χ0) is 13.1. The van der Waals surface area contributed by atoms with Crippen LogP contribution in [0.4, 0.5) is 4.79 Å². The molecular weight excluding hydrogens is 228 g/mol. The molecule has 98 valence electrons. The van der Waals surface area contributed by atoms with Gasteiger partial charge in [-0.1, -0.05) is 31.2 Å². The molecule has 4 nitrogen and oxygen atoms in total. The van der Waals surface area contributed by atoms with Gasteiger partial charge in [0, 0.05) is 0 Å². The van der Waals surface area contributed by atoms with E-state index in [1.54, 1.807) is 6.92 Å². The van der Waals surface area contributed by atoms with E-state index in [9.17, 15) is 4.79 Å². The van der Waals surface area contributed by atoms with Gasteiger partial charge in [-0.15, -0.1) is 0 Å². The number of hydrogen-bond donors (Lipinski definition) is 3. The van der Waals surface area contributed by atoms with E-state index < -0.39 is 0 Å². The lowest BCUT2D eigenvalue weighted by Gasteiger charge is -2.20. The van der Waals surface area contributed by atoms with Gasteiger partial charge in [-0.3, -0.25) is 0 Å². The van der Waals surface area contributed by atoms with Gasteiger partial charge in [-0.2, -0.15) is 0 Å². The molecule has 1 aliphatic rings. The second-order valence-electron chi connectivity index (χ2n) is 5.06. The average Bonchev–Trinajstić information content (AvgIpc) is 2.66. The van der Waals surface area contributed by atoms with Gasteiger partial charge in [-0.05, 0) is 30.4 Å². The van der Waals surface area contributed by atoms with E-state index in [-0.39, 0.29) is 24.7 Å². The highest BCUT2D eigenvalue weighted by atomic mass is 16.3. The monoisotopic (exact) mass is 248 g/mol. The highest BCUT2D eigenvalue weighted by Gasteiger charge is 2.30. The fourth-order valence-electron chi connectivity index (χ4n) is 2.47. The van der Waals surface area contributed by atoms with E-state index in [0.29, 0.717) is 5.92 Å². The zero-order valence-electron chi connectivity index (χ0n) is 10.8. The second kappa shape index (κ2) is 5.40. The normalized spacial score (nSPS) is 23.3. The molecule has 0 aliphatic heterocycles. The van der Waals surface area contributed by atoms with E-state index in [2.05, 4.69) is 29.7 Å². The Morgan fingerprint density at radius 1 is 1.50 bits per heavy atom. The first-order chi connectivity index (χ1) is 8.61. The van der Waals surface area contributed by atoms with Crippen molar-refractivity contribution < 1.29 is 9.90 Å². The number of nitrogens with one attached hydrogen (secondary N) is 2. The van der Waals surface area contributed by atoms with Gasteiger partial charge < -0.3 is 15.7 Å². The Morgan fingerprint density at radius 2 is 2.22 bits per heavy atom. The summed E-state index contributed by atoms with van der Waals surface area (Å²) in [6, 6.07) is 7.83. The quantitative estimate of drug-likeness (QED) is 0.761. The molecule has 3 atom stereocenters. The lowest BCUT2D eigenvalue weighted by Crippen LogP contribution is -2.44. The predicted molar refractivity (Wildman–Crippen MR) is 70.3 cm³/mol. The molecule has 1 aliphatic carbocycles. The molecule has 3 N–H and O–H groups in total. The molecule has 0 saturated heterocycles. The van der Waals surface area contributed by atoms with Gasteiger partial charge in [0.05, 0.1) is 18.7 Å². The topological polar surface area (TPSA) is 61.4 Å². The molecule has 1 aromatic carbocycles. The summed E-state index contributed by atoms with van der Waals surface area (Å²) in [6.45, 7) is 3.86. The Kier molecular flexibility index (Phi) is 3.87. The maximum absolute atomic E-state index is 11.8. The third kappa shape index (κ3) is 2.64. The molecule has 0 bridgehead atoms. The number of aliphatic hydroxyl groups is 1. The standard InChI is InChI=1S/C14H20N2O2/c1-9-7-11-5-3-4-6-12(11)13(9)16-14(18)15-10(2)8-17/h3-6,9-10,13,17H,7-8H2,1-2H3,(H2,15,16,18). The van der Waals surface area contributed by atoms with Crippen LogP contribution in [0.2, 0.25) is 0 Å². The summed E-state index contributed by atoms with van der Waals surface area (Å²) in [4.78, 5) is 11.8. The summed E-state index contributed by atoms with van der Waals surface area (Å²) in [7, 11) is 0. The van der Waals surface area contributed by atoms with E-state index in [4.69, 9.17) is 5.11 Å². The summed E-state index contributed by atoms with van der Waals surface area (Å²) in [5.41, 5.74) is 2.52. The summed E-state index contributed by atoms with van der Waals surface area (Å²) in [5, 5.41) is 14.6. The zero-order valence-corrected chi connectivity index (χ0v) is 10.8. The van der Waals surface area contributed by atoms with E-state index >= 15 is 0 Å². The number of rotatable bonds is 3. The van der Waals surface area contributed by atoms with E-state index in [0.717, 1.165) is 6.42 Å². The number of amides is 2. The van der Waals surface area contributed by atoms with Crippen molar-refractivity contribution in [2.24, 2.45) is 5.92 Å². The van der Waals surface area contributed by atoms with Crippen molar-refractivity contribution in [1.29, 1.82) is 0 Å². The van der Waals surface area contributed by atoms with Crippen LogP contribution in [-0.4, -0.2) is 23.8 Å². The minimum Gasteiger partial charge on any atom is -0.394 e. The summed E-state index contributed by atoms with van der Waals surface area (Å²) in [5.74, 6) is 0.401. The molecule has 2 amide bonds. The van der Waals surface area contributed by atoms with Crippen LogP contribution < -0.4 is 10.6 Å². The molecule has 4 heteroatoms. The van der Waals surface area contributed by atoms with Crippen LogP contribution in [-0.2, 0) is 6.42 Å². The Hall–Kier alpha value is -1.55. The van der Waals surface area contributed by atoms with Gasteiger partial charge in [-0.25, -0.2) is 4.79 Å². The molecule has 2 rings (SSSR count). The van der Waals surface area contributed by atoms with Crippen molar-refractivity contribution in [3.63, 3.8) is 0 Å². The summed E-state index contributed by atoms with van der Waals surface area (Å²) >= 11 is 0. The molecule has 0 saturated carbocycles. The number of benzene rings is 1. The van der Waals surface area contributed by atoms with Gasteiger partial charge in [0.25, 0.3) is 0 Å². The summed E-state index contributed by atoms with van der Waals surface area (Å²) in [6.07, 6.45) is 0.997. The molecule has 0 spiro atoms. The Morgan fingerprint density at radius 3 is 2.94 bits per heavy atom. The number of carbonyl (C=O) groups excluding carboxylic acids is 1. The molecule has 0 aromatic heterocycles. The molecule has 1 aromatic rings. The van der Waals surface area contributed by atoms with Gasteiger partial charge in [0.15, 0.2) is 0 Å². The van der Waals surface area contributed by atoms with E-state index in [1.807, 2.05) is 12.1 Å². The Balaban J connectivity index is 2.03. The second-order valence-corrected chi connectivity index (χ2v) is 5.06. The van der Waals surface area contributed by atoms with Crippen LogP contribution in [0.3, 0.4) is 0 Å². The fourth-order valence-corrected chi connectivity index (χ4v) is 2.47. The van der Waals surface area contributed by atoms with Gasteiger partial charge in [0.2, 0.25) is 0 Å². The molecule has 0 radical (unpaired) electrons. The first-order valence-corrected chi connectivity index (χ1v) is 6.37. The third-order valence-electron chi connectivity index (χ3n) is 3.44. The predicted octanol–water partition coefficient (Wildman–Crippen LogP) is 1.60. The van der Waals surface area contributed by atoms with Gasteiger partial charge >= 0.3 is 6.03 Å². The van der Waals surface area contributed by atoms with Crippen LogP contribution in [0.1, 0.15) is 31.0 Å². The minimum atomic E-state index is -0.225. The van der Waals surface area contributed by atoms with Crippen LogP contribution in [0.15, 0.2) is 24.3 Å². The third-order valence-corrected chi connectivity index (χ3v) is 3.44. The van der Waals surface area contributed by atoms with Crippen LogP contribution in [0, 0.1) is 5.92 Å². The van der Waals surface area contributed by atoms with Crippen molar-refractivity contribution in [3.05, 3.63) is 35.4 Å². The molecule has 3 unspecified atom stereocenters. The maximum Gasteiger partial charge on any atom is 0.315 e. The van der Waals surface area contributed by atoms with Crippen molar-refractivity contribution in [3.8, 4) is 0 Å². The van der Waals surface area contributed by atoms with Crippen molar-refractivity contribution in [2.75, 3.05) is 6.61 Å². The number of carbonyl (C=O) groups is 1. The molecular formula is C14H20N2O2. The van der Waals surface area contributed by atoms with Crippen molar-refractivity contribution >= 4 is 6.03 Å². The van der Waals surface area contributed by atoms with Crippen LogP contribution in [0.5, 0.6) is 0 Å². The molecule has 18 heavy (non-hydrogen) atoms. The average molecular weight is 248 g/mol. The Labute approximate surface area is 107 Å². The summed E-state index contributed by atoms with van der Waals surface area (Å²) < 4.78 is 0. The minimum absolute atomic E-state index is 0.0514. The lowest BCUT2D eigenvalue weighted by molar-refractivity contribution is 0.215. The first-order valence-electron chi connectivity index (χ1n) is 6.37. The van der Waals surface area contributed by atoms with Gasteiger partial charge in [0.1, 0.15) is 0 Å². The number of urea groups is 1. The van der Waals surface area contributed by atoms with E-state index in [1.165, 1.54) is 11.1 Å². The number of aliphatic hydroxyl groups excluding tert-OH is 1. The highest BCUT2D eigenvalue weighted by molar-refractivity contribution is 5.75. The lowest BCUT2D eigenvalue weighted by atomic mass is 10.0.